The van der Waals surface area contributed by atoms with Crippen LogP contribution in [0.25, 0.3) is 22.4 Å². The summed E-state index contributed by atoms with van der Waals surface area (Å²) in [6, 6.07) is 10.0. The number of aromatic nitrogens is 2. The van der Waals surface area contributed by atoms with Gasteiger partial charge in [-0.15, -0.1) is 0 Å². The molecule has 1 aromatic heterocycles. The molecule has 0 fully saturated rings. The molecule has 2 aromatic carbocycles. The molecule has 0 bridgehead atoms. The van der Waals surface area contributed by atoms with Crippen LogP contribution in [0.2, 0.25) is 5.02 Å². The number of aryl methyl sites for hydroxylation is 1. The first-order valence-corrected chi connectivity index (χ1v) is 6.66. The number of para-hydroxylation sites is 1. The Labute approximate surface area is 120 Å². The van der Waals surface area contributed by atoms with Gasteiger partial charge in [0.05, 0.1) is 21.6 Å². The largest absolute Gasteiger partial charge is 0.508 e. The SMILES string of the molecule is CCn1c(-c2ccc(O)cc2O)nc2cccc(Cl)c21. The second-order valence-electron chi connectivity index (χ2n) is 4.49. The zero-order chi connectivity index (χ0) is 14.3. The van der Waals surface area contributed by atoms with Crippen molar-refractivity contribution >= 4 is 22.6 Å². The molecule has 4 nitrogen and oxygen atoms in total. The Bertz CT molecular complexity index is 796. The summed E-state index contributed by atoms with van der Waals surface area (Å²) in [4.78, 5) is 4.54. The van der Waals surface area contributed by atoms with E-state index >= 15 is 0 Å². The molecular formula is C15H13ClN2O2. The summed E-state index contributed by atoms with van der Waals surface area (Å²) in [6.07, 6.45) is 0. The van der Waals surface area contributed by atoms with E-state index in [4.69, 9.17) is 11.6 Å². The summed E-state index contributed by atoms with van der Waals surface area (Å²) in [5.41, 5.74) is 2.19. The maximum atomic E-state index is 10.0. The van der Waals surface area contributed by atoms with E-state index < -0.39 is 0 Å². The van der Waals surface area contributed by atoms with E-state index in [1.165, 1.54) is 12.1 Å². The highest BCUT2D eigenvalue weighted by atomic mass is 35.5. The molecule has 0 aliphatic carbocycles. The number of rotatable bonds is 2. The van der Waals surface area contributed by atoms with E-state index in [2.05, 4.69) is 4.98 Å². The highest BCUT2D eigenvalue weighted by Crippen LogP contribution is 2.35. The van der Waals surface area contributed by atoms with Crippen LogP contribution < -0.4 is 0 Å². The molecule has 0 unspecified atom stereocenters. The van der Waals surface area contributed by atoms with Gasteiger partial charge in [-0.05, 0) is 31.2 Å². The summed E-state index contributed by atoms with van der Waals surface area (Å²) in [5, 5.41) is 20.0. The van der Waals surface area contributed by atoms with Crippen LogP contribution in [0.1, 0.15) is 6.92 Å². The summed E-state index contributed by atoms with van der Waals surface area (Å²) in [5.74, 6) is 0.641. The van der Waals surface area contributed by atoms with E-state index in [0.29, 0.717) is 23.0 Å². The van der Waals surface area contributed by atoms with Crippen molar-refractivity contribution in [3.8, 4) is 22.9 Å². The van der Waals surface area contributed by atoms with Crippen LogP contribution >= 0.6 is 11.6 Å². The van der Waals surface area contributed by atoms with Gasteiger partial charge in [-0.1, -0.05) is 17.7 Å². The number of fused-ring (bicyclic) bond motifs is 1. The van der Waals surface area contributed by atoms with Crippen LogP contribution in [0.5, 0.6) is 11.5 Å². The Morgan fingerprint density at radius 3 is 2.70 bits per heavy atom. The summed E-state index contributed by atoms with van der Waals surface area (Å²) >= 11 is 6.24. The average Bonchev–Trinajstić information content (AvgIpc) is 2.78. The Morgan fingerprint density at radius 2 is 2.00 bits per heavy atom. The second kappa shape index (κ2) is 4.72. The van der Waals surface area contributed by atoms with Crippen LogP contribution in [0, 0.1) is 0 Å². The molecule has 0 radical (unpaired) electrons. The fourth-order valence-corrected chi connectivity index (χ4v) is 2.64. The van der Waals surface area contributed by atoms with Crippen LogP contribution in [0.4, 0.5) is 0 Å². The fraction of sp³-hybridized carbons (Fsp3) is 0.133. The van der Waals surface area contributed by atoms with Crippen molar-refractivity contribution in [2.75, 3.05) is 0 Å². The van der Waals surface area contributed by atoms with Gasteiger partial charge in [-0.25, -0.2) is 4.98 Å². The molecular weight excluding hydrogens is 276 g/mol. The van der Waals surface area contributed by atoms with Gasteiger partial charge >= 0.3 is 0 Å². The monoisotopic (exact) mass is 288 g/mol. The fourth-order valence-electron chi connectivity index (χ4n) is 2.36. The minimum Gasteiger partial charge on any atom is -0.508 e. The van der Waals surface area contributed by atoms with Gasteiger partial charge in [0, 0.05) is 12.6 Å². The molecule has 0 amide bonds. The topological polar surface area (TPSA) is 58.3 Å². The molecule has 0 saturated carbocycles. The number of benzene rings is 2. The summed E-state index contributed by atoms with van der Waals surface area (Å²) < 4.78 is 1.95. The lowest BCUT2D eigenvalue weighted by Gasteiger charge is -2.08. The zero-order valence-corrected chi connectivity index (χ0v) is 11.6. The molecule has 0 aliphatic rings. The number of phenolic OH excluding ortho intramolecular Hbond substituents is 2. The van der Waals surface area contributed by atoms with E-state index in [1.54, 1.807) is 6.07 Å². The second-order valence-corrected chi connectivity index (χ2v) is 4.90. The first kappa shape index (κ1) is 12.8. The smallest absolute Gasteiger partial charge is 0.144 e. The van der Waals surface area contributed by atoms with Crippen molar-refractivity contribution in [3.63, 3.8) is 0 Å². The molecule has 3 aromatic rings. The van der Waals surface area contributed by atoms with Gasteiger partial charge < -0.3 is 14.8 Å². The zero-order valence-electron chi connectivity index (χ0n) is 10.8. The van der Waals surface area contributed by atoms with E-state index in [9.17, 15) is 10.2 Å². The molecule has 1 heterocycles. The molecule has 0 saturated heterocycles. The van der Waals surface area contributed by atoms with Crippen LogP contribution in [-0.2, 0) is 6.54 Å². The van der Waals surface area contributed by atoms with Crippen molar-refractivity contribution in [1.82, 2.24) is 9.55 Å². The van der Waals surface area contributed by atoms with Gasteiger partial charge in [0.1, 0.15) is 17.3 Å². The first-order chi connectivity index (χ1) is 9.61. The lowest BCUT2D eigenvalue weighted by Crippen LogP contribution is -1.98. The minimum absolute atomic E-state index is 0.00821. The molecule has 0 aliphatic heterocycles. The minimum atomic E-state index is -0.00821. The highest BCUT2D eigenvalue weighted by molar-refractivity contribution is 6.35. The molecule has 0 spiro atoms. The summed E-state index contributed by atoms with van der Waals surface area (Å²) in [7, 11) is 0. The molecule has 2 N–H and O–H groups in total. The Hall–Kier alpha value is -2.20. The predicted molar refractivity (Wildman–Crippen MR) is 79.2 cm³/mol. The van der Waals surface area contributed by atoms with Gasteiger partial charge in [-0.2, -0.15) is 0 Å². The molecule has 3 rings (SSSR count). The van der Waals surface area contributed by atoms with Crippen molar-refractivity contribution in [2.24, 2.45) is 0 Å². The Balaban J connectivity index is 2.33. The van der Waals surface area contributed by atoms with Crippen molar-refractivity contribution in [1.29, 1.82) is 0 Å². The third-order valence-corrected chi connectivity index (χ3v) is 3.56. The number of hydrogen-bond donors (Lipinski definition) is 2. The molecule has 5 heteroatoms. The van der Waals surface area contributed by atoms with E-state index in [0.717, 1.165) is 11.0 Å². The van der Waals surface area contributed by atoms with E-state index in [1.807, 2.05) is 29.7 Å². The average molecular weight is 289 g/mol. The van der Waals surface area contributed by atoms with Crippen LogP contribution in [-0.4, -0.2) is 19.8 Å². The maximum Gasteiger partial charge on any atom is 0.144 e. The third kappa shape index (κ3) is 1.89. The van der Waals surface area contributed by atoms with Crippen molar-refractivity contribution < 1.29 is 10.2 Å². The lowest BCUT2D eigenvalue weighted by atomic mass is 10.2. The lowest BCUT2D eigenvalue weighted by molar-refractivity contribution is 0.451. The van der Waals surface area contributed by atoms with Gasteiger partial charge in [0.25, 0.3) is 0 Å². The first-order valence-electron chi connectivity index (χ1n) is 6.29. The number of halogens is 1. The van der Waals surface area contributed by atoms with Crippen molar-refractivity contribution in [2.45, 2.75) is 13.5 Å². The molecule has 0 atom stereocenters. The maximum absolute atomic E-state index is 10.0. The number of hydrogen-bond acceptors (Lipinski definition) is 3. The number of aromatic hydroxyl groups is 2. The summed E-state index contributed by atoms with van der Waals surface area (Å²) in [6.45, 7) is 2.67. The molecule has 20 heavy (non-hydrogen) atoms. The standard InChI is InChI=1S/C15H13ClN2O2/c1-2-18-14-11(16)4-3-5-12(14)17-15(18)10-7-6-9(19)8-13(10)20/h3-8,19-20H,2H2,1H3. The Kier molecular flexibility index (Phi) is 3.03. The van der Waals surface area contributed by atoms with Gasteiger partial charge in [-0.3, -0.25) is 0 Å². The third-order valence-electron chi connectivity index (χ3n) is 3.26. The Morgan fingerprint density at radius 1 is 1.20 bits per heavy atom. The van der Waals surface area contributed by atoms with Crippen LogP contribution in [0.15, 0.2) is 36.4 Å². The van der Waals surface area contributed by atoms with Crippen molar-refractivity contribution in [3.05, 3.63) is 41.4 Å². The van der Waals surface area contributed by atoms with Gasteiger partial charge in [0.2, 0.25) is 0 Å². The number of nitrogens with zero attached hydrogens (tertiary/aromatic N) is 2. The van der Waals surface area contributed by atoms with E-state index in [-0.39, 0.29) is 11.5 Å². The number of phenols is 2. The normalized spacial score (nSPS) is 11.1. The predicted octanol–water partition coefficient (Wildman–Crippen LogP) is 3.79. The van der Waals surface area contributed by atoms with Crippen LogP contribution in [0.3, 0.4) is 0 Å². The van der Waals surface area contributed by atoms with Gasteiger partial charge in [0.15, 0.2) is 0 Å². The molecule has 102 valence electrons. The quantitative estimate of drug-likeness (QED) is 0.754. The highest BCUT2D eigenvalue weighted by Gasteiger charge is 2.16. The number of imidazole rings is 1.